The maximum absolute atomic E-state index is 15.4. The summed E-state index contributed by atoms with van der Waals surface area (Å²) in [5.41, 5.74) is -0.660. The molecule has 6 nitrogen and oxygen atoms in total. The Morgan fingerprint density at radius 3 is 1.93 bits per heavy atom. The molecule has 0 radical (unpaired) electrons. The van der Waals surface area contributed by atoms with Crippen molar-refractivity contribution in [2.24, 2.45) is 5.92 Å². The number of ether oxygens (including phenoxy) is 1. The van der Waals surface area contributed by atoms with Crippen LogP contribution in [-0.4, -0.2) is 61.6 Å². The van der Waals surface area contributed by atoms with Crippen molar-refractivity contribution in [2.75, 3.05) is 13.2 Å². The van der Waals surface area contributed by atoms with Crippen molar-refractivity contribution in [1.29, 1.82) is 0 Å². The maximum Gasteiger partial charge on any atom is 0.410 e. The van der Waals surface area contributed by atoms with Gasteiger partial charge in [0.2, 0.25) is 5.78 Å². The fraction of sp³-hybridized carbons (Fsp3) is 0.500. The predicted octanol–water partition coefficient (Wildman–Crippen LogP) is 6.32. The van der Waals surface area contributed by atoms with E-state index in [0.717, 1.165) is 10.4 Å². The highest BCUT2D eigenvalue weighted by atomic mass is 28.4. The third-order valence-electron chi connectivity index (χ3n) is 7.76. The van der Waals surface area contributed by atoms with E-state index in [-0.39, 0.29) is 30.1 Å². The molecule has 0 bridgehead atoms. The summed E-state index contributed by atoms with van der Waals surface area (Å²) in [6.07, 6.45) is -1.72. The molecule has 43 heavy (non-hydrogen) atoms. The van der Waals surface area contributed by atoms with E-state index in [1.54, 1.807) is 27.7 Å². The molecule has 0 aromatic heterocycles. The highest BCUT2D eigenvalue weighted by Gasteiger charge is 2.51. The Balaban J connectivity index is 1.73. The van der Waals surface area contributed by atoms with Gasteiger partial charge in [0.15, 0.2) is 0 Å². The summed E-state index contributed by atoms with van der Waals surface area (Å²) < 4.78 is 42.9. The van der Waals surface area contributed by atoms with Gasteiger partial charge in [-0.3, -0.25) is 9.59 Å². The fourth-order valence-electron chi connectivity index (χ4n) is 5.68. The molecule has 2 aromatic rings. The van der Waals surface area contributed by atoms with Gasteiger partial charge < -0.3 is 14.1 Å². The number of halogens is 2. The largest absolute Gasteiger partial charge is 0.444 e. The highest BCUT2D eigenvalue weighted by molar-refractivity contribution is 6.99. The fourth-order valence-corrected chi connectivity index (χ4v) is 10.2. The molecule has 2 aromatic carbocycles. The Hall–Kier alpha value is -3.17. The Bertz CT molecular complexity index is 1260. The first kappa shape index (κ1) is 34.3. The predicted molar refractivity (Wildman–Crippen MR) is 167 cm³/mol. The van der Waals surface area contributed by atoms with Crippen LogP contribution in [0, 0.1) is 5.92 Å². The molecule has 234 valence electrons. The number of carbonyl (C=O) groups is 3. The summed E-state index contributed by atoms with van der Waals surface area (Å²) in [4.78, 5) is 39.6. The van der Waals surface area contributed by atoms with E-state index in [4.69, 9.17) is 9.16 Å². The smallest absolute Gasteiger partial charge is 0.410 e. The minimum absolute atomic E-state index is 0.118. The van der Waals surface area contributed by atoms with Crippen molar-refractivity contribution in [3.05, 3.63) is 72.8 Å². The molecule has 3 rings (SSSR count). The quantitative estimate of drug-likeness (QED) is 0.178. The molecule has 1 saturated heterocycles. The first-order chi connectivity index (χ1) is 19.9. The van der Waals surface area contributed by atoms with E-state index in [1.165, 1.54) is 4.90 Å². The van der Waals surface area contributed by atoms with E-state index in [9.17, 15) is 14.4 Å². The lowest BCUT2D eigenvalue weighted by atomic mass is 9.85. The average Bonchev–Trinajstić information content (AvgIpc) is 2.90. The van der Waals surface area contributed by atoms with Crippen LogP contribution in [-0.2, 0) is 18.8 Å². The summed E-state index contributed by atoms with van der Waals surface area (Å²) >= 11 is 0. The van der Waals surface area contributed by atoms with Crippen LogP contribution < -0.4 is 10.4 Å². The van der Waals surface area contributed by atoms with Crippen molar-refractivity contribution in [3.8, 4) is 0 Å². The second kappa shape index (κ2) is 13.2. The number of benzene rings is 2. The number of likely N-dealkylation sites (tertiary alicyclic amines) is 1. The van der Waals surface area contributed by atoms with Gasteiger partial charge in [-0.1, -0.05) is 93.6 Å². The highest BCUT2D eigenvalue weighted by Crippen LogP contribution is 2.37. The number of nitrogens with zero attached hydrogens (tertiary/aromatic N) is 1. The number of hydrogen-bond donors (Lipinski definition) is 0. The number of piperidine rings is 1. The summed E-state index contributed by atoms with van der Waals surface area (Å²) in [6, 6.07) is 19.4. The molecule has 1 fully saturated rings. The molecule has 0 N–H and O–H groups in total. The monoisotopic (exact) mass is 613 g/mol. The molecule has 0 spiro atoms. The van der Waals surface area contributed by atoms with Crippen molar-refractivity contribution >= 4 is 36.4 Å². The van der Waals surface area contributed by atoms with Gasteiger partial charge in [-0.2, -0.15) is 8.78 Å². The van der Waals surface area contributed by atoms with Gasteiger partial charge >= 0.3 is 12.0 Å². The Kier molecular flexibility index (Phi) is 10.6. The van der Waals surface area contributed by atoms with E-state index in [2.05, 4.69) is 51.6 Å². The van der Waals surface area contributed by atoms with E-state index >= 15 is 8.78 Å². The summed E-state index contributed by atoms with van der Waals surface area (Å²) in [6.45, 7) is 16.6. The Morgan fingerprint density at radius 2 is 1.47 bits per heavy atom. The maximum atomic E-state index is 15.4. The number of hydrogen-bond acceptors (Lipinski definition) is 5. The minimum atomic E-state index is -3.82. The molecule has 0 saturated carbocycles. The zero-order chi connectivity index (χ0) is 32.2. The zero-order valence-electron chi connectivity index (χ0n) is 26.4. The van der Waals surface area contributed by atoms with Crippen LogP contribution in [0.15, 0.2) is 72.8 Å². The number of carbonyl (C=O) groups excluding carboxylic acids is 3. The first-order valence-electron chi connectivity index (χ1n) is 14.7. The van der Waals surface area contributed by atoms with E-state index in [1.807, 2.05) is 36.4 Å². The molecule has 1 heterocycles. The molecule has 9 heteroatoms. The summed E-state index contributed by atoms with van der Waals surface area (Å²) in [7, 11) is -2.86. The number of amides is 1. The van der Waals surface area contributed by atoms with Crippen LogP contribution in [0.4, 0.5) is 13.6 Å². The molecule has 0 aliphatic carbocycles. The van der Waals surface area contributed by atoms with Gasteiger partial charge in [0.1, 0.15) is 17.3 Å². The van der Waals surface area contributed by atoms with Crippen molar-refractivity contribution in [2.45, 2.75) is 90.3 Å². The Morgan fingerprint density at radius 1 is 0.953 bits per heavy atom. The van der Waals surface area contributed by atoms with Crippen LogP contribution in [0.5, 0.6) is 0 Å². The normalized spacial score (nSPS) is 18.3. The molecule has 1 aliphatic rings. The summed E-state index contributed by atoms with van der Waals surface area (Å²) in [5.74, 6) is -7.54. The minimum Gasteiger partial charge on any atom is -0.444 e. The van der Waals surface area contributed by atoms with Gasteiger partial charge in [-0.15, -0.1) is 0 Å². The van der Waals surface area contributed by atoms with Gasteiger partial charge in [-0.05, 0) is 49.5 Å². The average molecular weight is 614 g/mol. The second-order valence-corrected chi connectivity index (χ2v) is 17.8. The van der Waals surface area contributed by atoms with Gasteiger partial charge in [-0.25, -0.2) is 4.79 Å². The zero-order valence-corrected chi connectivity index (χ0v) is 27.4. The van der Waals surface area contributed by atoms with Crippen molar-refractivity contribution in [1.82, 2.24) is 4.90 Å². The van der Waals surface area contributed by atoms with Crippen LogP contribution >= 0.6 is 0 Å². The molecule has 0 unspecified atom stereocenters. The van der Waals surface area contributed by atoms with Crippen molar-refractivity contribution in [3.63, 3.8) is 0 Å². The lowest BCUT2D eigenvalue weighted by Crippen LogP contribution is -2.66. The topological polar surface area (TPSA) is 72.9 Å². The van der Waals surface area contributed by atoms with Gasteiger partial charge in [0.25, 0.3) is 8.32 Å². The van der Waals surface area contributed by atoms with Crippen LogP contribution in [0.3, 0.4) is 0 Å². The summed E-state index contributed by atoms with van der Waals surface area (Å²) in [5, 5.41) is 1.86. The van der Waals surface area contributed by atoms with Gasteiger partial charge in [0, 0.05) is 32.0 Å². The van der Waals surface area contributed by atoms with E-state index in [0.29, 0.717) is 0 Å². The van der Waals surface area contributed by atoms with Gasteiger partial charge in [0.05, 0.1) is 0 Å². The molecule has 1 amide bonds. The lowest BCUT2D eigenvalue weighted by molar-refractivity contribution is -0.154. The number of ketones is 2. The van der Waals surface area contributed by atoms with E-state index < -0.39 is 62.4 Å². The van der Waals surface area contributed by atoms with Crippen LogP contribution in [0.2, 0.25) is 5.04 Å². The van der Waals surface area contributed by atoms with Crippen LogP contribution in [0.25, 0.3) is 0 Å². The molecule has 2 atom stereocenters. The second-order valence-electron chi connectivity index (χ2n) is 13.5. The molecule has 1 aliphatic heterocycles. The first-order valence-corrected chi connectivity index (χ1v) is 16.7. The SMILES string of the molecule is C=C(CCO[Si](c1ccccc1)(c1ccccc1)C(C)(C)C)CC(F)(F)C(=O)[C@@H]1CN(C(=O)OC(C)(C)C)[C@H](C)CC1=O. The Labute approximate surface area is 255 Å². The standard InChI is InChI=1S/C34H45F2NO5Si/c1-24(19-20-41-43(33(6,7)8,26-15-11-9-12-16-26)27-17-13-10-14-18-27)22-34(35,36)30(39)28-23-37(25(2)21-29(28)38)31(40)42-32(3,4)5/h9-18,25,28H,1,19-23H2,2-8H3/t25-,28-/m1/s1. The number of rotatable bonds is 10. The lowest BCUT2D eigenvalue weighted by Gasteiger charge is -2.43. The molecular weight excluding hydrogens is 568 g/mol. The third-order valence-corrected chi connectivity index (χ3v) is 12.8. The molecular formula is C34H45F2NO5Si. The number of Topliss-reactive ketones (excluding diaryl/α,β-unsaturated/α-hetero) is 2. The third kappa shape index (κ3) is 8.06. The van der Waals surface area contributed by atoms with Crippen LogP contribution in [0.1, 0.15) is 67.7 Å². The number of alkyl halides is 2. The van der Waals surface area contributed by atoms with Crippen molar-refractivity contribution < 1.29 is 32.3 Å².